The van der Waals surface area contributed by atoms with E-state index in [1.54, 1.807) is 18.5 Å². The summed E-state index contributed by atoms with van der Waals surface area (Å²) in [5, 5.41) is 7.95. The molecule has 0 saturated heterocycles. The van der Waals surface area contributed by atoms with Gasteiger partial charge in [-0.3, -0.25) is 4.98 Å². The molecule has 0 amide bonds. The van der Waals surface area contributed by atoms with Crippen molar-refractivity contribution in [3.63, 3.8) is 0 Å². The van der Waals surface area contributed by atoms with Crippen LogP contribution < -0.4 is 10.6 Å². The molecule has 2 rings (SSSR count). The van der Waals surface area contributed by atoms with Crippen LogP contribution in [0.15, 0.2) is 57.3 Å². The average molecular weight is 346 g/mol. The zero-order valence-electron chi connectivity index (χ0n) is 11.9. The Bertz CT molecular complexity index is 665. The van der Waals surface area contributed by atoms with Crippen molar-refractivity contribution in [1.29, 1.82) is 0 Å². The molecule has 5 nitrogen and oxygen atoms in total. The highest BCUT2D eigenvalue weighted by Gasteiger charge is 2.02. The number of hydrogen-bond acceptors (Lipinski definition) is 4. The first kappa shape index (κ1) is 15.2. The molecule has 0 aliphatic carbocycles. The third-order valence-corrected chi connectivity index (χ3v) is 3.39. The van der Waals surface area contributed by atoms with Crippen LogP contribution in [-0.2, 0) is 0 Å². The Kier molecular flexibility index (Phi) is 5.05. The van der Waals surface area contributed by atoms with Crippen LogP contribution in [0.1, 0.15) is 11.3 Å². The van der Waals surface area contributed by atoms with Gasteiger partial charge in [0.05, 0.1) is 11.9 Å². The topological polar surface area (TPSA) is 66.9 Å². The minimum Gasteiger partial charge on any atom is -0.380 e. The van der Waals surface area contributed by atoms with Gasteiger partial charge in [-0.2, -0.15) is 5.10 Å². The zero-order chi connectivity index (χ0) is 15.2. The molecule has 0 unspecified atom stereocenters. The van der Waals surface area contributed by atoms with Gasteiger partial charge in [-0.25, -0.2) is 0 Å². The van der Waals surface area contributed by atoms with Crippen LogP contribution >= 0.6 is 15.9 Å². The van der Waals surface area contributed by atoms with E-state index in [4.69, 9.17) is 5.73 Å². The summed E-state index contributed by atoms with van der Waals surface area (Å²) in [6.07, 6.45) is 3.32. The number of nitrogens with zero attached hydrogens (tertiary/aromatic N) is 4. The highest BCUT2D eigenvalue weighted by molar-refractivity contribution is 9.10. The molecule has 0 saturated carbocycles. The number of rotatable bonds is 4. The number of pyridine rings is 1. The molecule has 6 heteroatoms. The largest absolute Gasteiger partial charge is 0.380 e. The number of amidine groups is 1. The maximum Gasteiger partial charge on any atom is 0.171 e. The standard InChI is InChI=1S/C15H16BrN5/c1-21(2)14-7-6-11(9-12(14)16)10-19-20-15(17)13-5-3-4-8-18-13/h3-10H,1-2H3,(H2,17,20)/b19-10+. The van der Waals surface area contributed by atoms with Crippen molar-refractivity contribution in [2.75, 3.05) is 19.0 Å². The second-order valence-corrected chi connectivity index (χ2v) is 5.40. The van der Waals surface area contributed by atoms with Crippen LogP contribution in [0.25, 0.3) is 0 Å². The van der Waals surface area contributed by atoms with Crippen LogP contribution in [0.4, 0.5) is 5.69 Å². The monoisotopic (exact) mass is 345 g/mol. The van der Waals surface area contributed by atoms with E-state index in [0.717, 1.165) is 15.7 Å². The number of anilines is 1. The second-order valence-electron chi connectivity index (χ2n) is 4.55. The van der Waals surface area contributed by atoms with Crippen LogP contribution in [-0.4, -0.2) is 31.1 Å². The average Bonchev–Trinajstić information content (AvgIpc) is 2.47. The van der Waals surface area contributed by atoms with Gasteiger partial charge < -0.3 is 10.6 Å². The van der Waals surface area contributed by atoms with E-state index in [0.29, 0.717) is 5.69 Å². The smallest absolute Gasteiger partial charge is 0.171 e. The molecule has 0 aliphatic heterocycles. The normalized spacial score (nSPS) is 11.9. The van der Waals surface area contributed by atoms with E-state index in [2.05, 4.69) is 31.1 Å². The molecule has 1 aromatic carbocycles. The molecule has 2 N–H and O–H groups in total. The van der Waals surface area contributed by atoms with Gasteiger partial charge in [-0.1, -0.05) is 12.1 Å². The summed E-state index contributed by atoms with van der Waals surface area (Å²) in [6, 6.07) is 11.4. The Morgan fingerprint density at radius 2 is 2.10 bits per heavy atom. The number of halogens is 1. The van der Waals surface area contributed by atoms with Gasteiger partial charge in [-0.05, 0) is 45.8 Å². The summed E-state index contributed by atoms with van der Waals surface area (Å²) >= 11 is 3.53. The van der Waals surface area contributed by atoms with Crippen molar-refractivity contribution in [3.8, 4) is 0 Å². The quantitative estimate of drug-likeness (QED) is 0.526. The first-order chi connectivity index (χ1) is 10.1. The molecule has 1 heterocycles. The highest BCUT2D eigenvalue weighted by atomic mass is 79.9. The van der Waals surface area contributed by atoms with Crippen LogP contribution in [0.5, 0.6) is 0 Å². The van der Waals surface area contributed by atoms with Gasteiger partial charge in [0.1, 0.15) is 5.69 Å². The fraction of sp³-hybridized carbons (Fsp3) is 0.133. The van der Waals surface area contributed by atoms with E-state index >= 15 is 0 Å². The van der Waals surface area contributed by atoms with Crippen LogP contribution in [0, 0.1) is 0 Å². The van der Waals surface area contributed by atoms with Gasteiger partial charge >= 0.3 is 0 Å². The third-order valence-electron chi connectivity index (χ3n) is 2.75. The van der Waals surface area contributed by atoms with E-state index < -0.39 is 0 Å². The Hall–Kier alpha value is -2.21. The fourth-order valence-corrected chi connectivity index (χ4v) is 2.44. The maximum absolute atomic E-state index is 5.81. The van der Waals surface area contributed by atoms with Crippen molar-refractivity contribution < 1.29 is 0 Å². The third kappa shape index (κ3) is 4.13. The van der Waals surface area contributed by atoms with E-state index in [1.165, 1.54) is 0 Å². The summed E-state index contributed by atoms with van der Waals surface area (Å²) in [7, 11) is 3.98. The van der Waals surface area contributed by atoms with Crippen molar-refractivity contribution in [1.82, 2.24) is 4.98 Å². The van der Waals surface area contributed by atoms with Crippen LogP contribution in [0.2, 0.25) is 0 Å². The van der Waals surface area contributed by atoms with Crippen molar-refractivity contribution in [2.45, 2.75) is 0 Å². The summed E-state index contributed by atoms with van der Waals surface area (Å²) in [5.41, 5.74) is 8.46. The predicted octanol–water partition coefficient (Wildman–Crippen LogP) is 2.65. The lowest BCUT2D eigenvalue weighted by atomic mass is 10.2. The molecule has 0 bridgehead atoms. The molecule has 1 aromatic heterocycles. The van der Waals surface area contributed by atoms with Gasteiger partial charge in [0.25, 0.3) is 0 Å². The summed E-state index contributed by atoms with van der Waals surface area (Å²) in [6.45, 7) is 0. The predicted molar refractivity (Wildman–Crippen MR) is 91.0 cm³/mol. The molecule has 0 atom stereocenters. The zero-order valence-corrected chi connectivity index (χ0v) is 13.4. The molecule has 0 radical (unpaired) electrons. The van der Waals surface area contributed by atoms with Gasteiger partial charge in [0.2, 0.25) is 0 Å². The molecule has 21 heavy (non-hydrogen) atoms. The van der Waals surface area contributed by atoms with Crippen LogP contribution in [0.3, 0.4) is 0 Å². The number of nitrogens with two attached hydrogens (primary N) is 1. The molecule has 0 spiro atoms. The Labute approximate surface area is 132 Å². The second kappa shape index (κ2) is 6.99. The number of hydrogen-bond donors (Lipinski definition) is 1. The maximum atomic E-state index is 5.81. The van der Waals surface area contributed by atoms with E-state index in [9.17, 15) is 0 Å². The molecular weight excluding hydrogens is 330 g/mol. The minimum atomic E-state index is 0.288. The van der Waals surface area contributed by atoms with E-state index in [1.807, 2.05) is 49.3 Å². The molecule has 108 valence electrons. The Morgan fingerprint density at radius 1 is 1.29 bits per heavy atom. The summed E-state index contributed by atoms with van der Waals surface area (Å²) in [4.78, 5) is 6.14. The summed E-state index contributed by atoms with van der Waals surface area (Å²) < 4.78 is 0.998. The lowest BCUT2D eigenvalue weighted by Gasteiger charge is -2.14. The Morgan fingerprint density at radius 3 is 2.71 bits per heavy atom. The first-order valence-corrected chi connectivity index (χ1v) is 7.12. The van der Waals surface area contributed by atoms with E-state index in [-0.39, 0.29) is 5.84 Å². The van der Waals surface area contributed by atoms with Crippen molar-refractivity contribution >= 4 is 33.7 Å². The molecule has 0 aliphatic rings. The Balaban J connectivity index is 2.13. The number of aromatic nitrogens is 1. The van der Waals surface area contributed by atoms with Gasteiger partial charge in [0, 0.05) is 24.8 Å². The van der Waals surface area contributed by atoms with Crippen molar-refractivity contribution in [3.05, 3.63) is 58.3 Å². The first-order valence-electron chi connectivity index (χ1n) is 6.32. The summed E-state index contributed by atoms with van der Waals surface area (Å²) in [5.74, 6) is 0.288. The SMILES string of the molecule is CN(C)c1ccc(/C=N/N=C(N)c2ccccn2)cc1Br. The van der Waals surface area contributed by atoms with Gasteiger partial charge in [0.15, 0.2) is 5.84 Å². The lowest BCUT2D eigenvalue weighted by molar-refractivity contribution is 1.12. The minimum absolute atomic E-state index is 0.288. The fourth-order valence-electron chi connectivity index (χ4n) is 1.69. The molecule has 0 fully saturated rings. The van der Waals surface area contributed by atoms with Crippen molar-refractivity contribution in [2.24, 2.45) is 15.9 Å². The molecule has 2 aromatic rings. The molecular formula is C15H16BrN5. The number of benzene rings is 1. The highest BCUT2D eigenvalue weighted by Crippen LogP contribution is 2.25. The van der Waals surface area contributed by atoms with Gasteiger partial charge in [-0.15, -0.1) is 5.10 Å². The lowest BCUT2D eigenvalue weighted by Crippen LogP contribution is -2.14.